The van der Waals surface area contributed by atoms with Gasteiger partial charge in [-0.25, -0.2) is 4.98 Å². The molecule has 0 fully saturated rings. The number of aliphatic imine (C=N–C) groups is 1. The van der Waals surface area contributed by atoms with Crippen molar-refractivity contribution >= 4 is 17.3 Å². The Morgan fingerprint density at radius 2 is 2.29 bits per heavy atom. The maximum absolute atomic E-state index is 4.76. The van der Waals surface area contributed by atoms with E-state index in [-0.39, 0.29) is 0 Å². The first-order valence-corrected chi connectivity index (χ1v) is 9.58. The summed E-state index contributed by atoms with van der Waals surface area (Å²) in [5, 5.41) is 5.53. The molecule has 0 bridgehead atoms. The molecular weight excluding hydrogens is 318 g/mol. The number of nitrogens with zero attached hydrogens (tertiary/aromatic N) is 4. The summed E-state index contributed by atoms with van der Waals surface area (Å²) in [7, 11) is 2.12. The normalized spacial score (nSPS) is 11.7. The van der Waals surface area contributed by atoms with Crippen LogP contribution >= 0.6 is 11.3 Å². The number of rotatable bonds is 9. The fourth-order valence-corrected chi connectivity index (χ4v) is 3.23. The topological polar surface area (TPSA) is 45.5 Å². The van der Waals surface area contributed by atoms with Crippen molar-refractivity contribution in [3.8, 4) is 0 Å². The van der Waals surface area contributed by atoms with Crippen molar-refractivity contribution in [1.29, 1.82) is 0 Å². The molecule has 0 aliphatic heterocycles. The van der Waals surface area contributed by atoms with Gasteiger partial charge in [-0.05, 0) is 44.6 Å². The predicted molar refractivity (Wildman–Crippen MR) is 103 cm³/mol. The predicted octanol–water partition coefficient (Wildman–Crippen LogP) is 3.17. The number of hydrogen-bond donors (Lipinski definition) is 1. The highest BCUT2D eigenvalue weighted by molar-refractivity contribution is 7.09. The van der Waals surface area contributed by atoms with Crippen molar-refractivity contribution in [2.24, 2.45) is 4.99 Å². The third-order valence-corrected chi connectivity index (χ3v) is 4.90. The van der Waals surface area contributed by atoms with Gasteiger partial charge in [0, 0.05) is 50.5 Å². The van der Waals surface area contributed by atoms with E-state index in [9.17, 15) is 0 Å². The quantitative estimate of drug-likeness (QED) is 0.430. The lowest BCUT2D eigenvalue weighted by molar-refractivity contribution is 0.485. The molecule has 5 nitrogen and oxygen atoms in total. The highest BCUT2D eigenvalue weighted by Crippen LogP contribution is 2.09. The number of hydrogen-bond acceptors (Lipinski definition) is 3. The number of thiophene rings is 1. The van der Waals surface area contributed by atoms with Crippen molar-refractivity contribution in [2.75, 3.05) is 26.7 Å². The molecule has 0 amide bonds. The lowest BCUT2D eigenvalue weighted by Gasteiger charge is -2.21. The Kier molecular flexibility index (Phi) is 7.82. The number of unbranched alkanes of at least 4 members (excludes halogenated alkanes) is 1. The second-order valence-electron chi connectivity index (χ2n) is 5.86. The monoisotopic (exact) mass is 347 g/mol. The second kappa shape index (κ2) is 10.1. The van der Waals surface area contributed by atoms with E-state index in [4.69, 9.17) is 4.99 Å². The van der Waals surface area contributed by atoms with Crippen LogP contribution in [0, 0.1) is 6.92 Å². The molecule has 132 valence electrons. The fourth-order valence-electron chi connectivity index (χ4n) is 2.53. The van der Waals surface area contributed by atoms with E-state index >= 15 is 0 Å². The molecule has 0 aliphatic rings. The molecule has 2 rings (SSSR count). The number of aryl methyl sites for hydroxylation is 2. The lowest BCUT2D eigenvalue weighted by Crippen LogP contribution is -2.40. The minimum absolute atomic E-state index is 0.861. The maximum atomic E-state index is 4.76. The Hall–Kier alpha value is -1.82. The summed E-state index contributed by atoms with van der Waals surface area (Å²) in [5.74, 6) is 2.09. The van der Waals surface area contributed by atoms with E-state index in [2.05, 4.69) is 51.3 Å². The maximum Gasteiger partial charge on any atom is 0.193 e. The number of imidazole rings is 1. The Morgan fingerprint density at radius 3 is 2.96 bits per heavy atom. The van der Waals surface area contributed by atoms with E-state index in [1.807, 2.05) is 30.7 Å². The van der Waals surface area contributed by atoms with Crippen molar-refractivity contribution in [2.45, 2.75) is 39.7 Å². The van der Waals surface area contributed by atoms with E-state index in [0.29, 0.717) is 0 Å². The van der Waals surface area contributed by atoms with Crippen molar-refractivity contribution in [1.82, 2.24) is 19.8 Å². The summed E-state index contributed by atoms with van der Waals surface area (Å²) in [4.78, 5) is 12.7. The van der Waals surface area contributed by atoms with Gasteiger partial charge in [0.1, 0.15) is 5.82 Å². The zero-order chi connectivity index (χ0) is 17.2. The summed E-state index contributed by atoms with van der Waals surface area (Å²) in [5.41, 5.74) is 0. The lowest BCUT2D eigenvalue weighted by atomic mass is 10.3. The molecule has 0 saturated carbocycles. The number of aromatic nitrogens is 2. The first-order valence-electron chi connectivity index (χ1n) is 8.70. The molecule has 0 aromatic carbocycles. The molecule has 0 saturated heterocycles. The Bertz CT molecular complexity index is 603. The molecule has 0 radical (unpaired) electrons. The van der Waals surface area contributed by atoms with Crippen LogP contribution in [0.2, 0.25) is 0 Å². The van der Waals surface area contributed by atoms with Gasteiger partial charge >= 0.3 is 0 Å². The number of nitrogens with one attached hydrogen (secondary N) is 1. The minimum atomic E-state index is 0.861. The fraction of sp³-hybridized carbons (Fsp3) is 0.556. The molecule has 0 spiro atoms. The minimum Gasteiger partial charge on any atom is -0.357 e. The molecule has 0 aliphatic carbocycles. The summed E-state index contributed by atoms with van der Waals surface area (Å²) in [6.45, 7) is 7.93. The van der Waals surface area contributed by atoms with Crippen LogP contribution in [-0.4, -0.2) is 47.1 Å². The first kappa shape index (κ1) is 18.5. The summed E-state index contributed by atoms with van der Waals surface area (Å²) in [6, 6.07) is 4.31. The van der Waals surface area contributed by atoms with Crippen LogP contribution in [0.1, 0.15) is 30.5 Å². The van der Waals surface area contributed by atoms with Crippen LogP contribution in [0.4, 0.5) is 0 Å². The number of likely N-dealkylation sites (N-methyl/N-ethyl adjacent to an activating group) is 1. The van der Waals surface area contributed by atoms with Crippen LogP contribution in [0.3, 0.4) is 0 Å². The average molecular weight is 348 g/mol. The largest absolute Gasteiger partial charge is 0.357 e. The van der Waals surface area contributed by atoms with Crippen molar-refractivity contribution < 1.29 is 0 Å². The van der Waals surface area contributed by atoms with Crippen LogP contribution in [0.15, 0.2) is 34.9 Å². The smallest absolute Gasteiger partial charge is 0.193 e. The summed E-state index contributed by atoms with van der Waals surface area (Å²) in [6.07, 6.45) is 7.18. The molecule has 6 heteroatoms. The second-order valence-corrected chi connectivity index (χ2v) is 6.89. The Labute approximate surface area is 149 Å². The van der Waals surface area contributed by atoms with E-state index in [1.165, 1.54) is 4.88 Å². The standard InChI is InChI=1S/C18H29N5S/c1-4-19-18(22(3)13-9-17-8-7-15-24-17)21-10-5-6-12-23-14-11-20-16(23)2/h7-8,11,14-15H,4-6,9-10,12-13H2,1-3H3,(H,19,21). The average Bonchev–Trinajstić information content (AvgIpc) is 3.23. The van der Waals surface area contributed by atoms with Gasteiger partial charge in [0.05, 0.1) is 0 Å². The molecule has 0 atom stereocenters. The SMILES string of the molecule is CCNC(=NCCCCn1ccnc1C)N(C)CCc1cccs1. The van der Waals surface area contributed by atoms with Gasteiger partial charge in [-0.3, -0.25) is 4.99 Å². The Balaban J connectivity index is 1.73. The van der Waals surface area contributed by atoms with Crippen LogP contribution in [0.25, 0.3) is 0 Å². The molecule has 0 unspecified atom stereocenters. The van der Waals surface area contributed by atoms with Gasteiger partial charge in [-0.1, -0.05) is 6.07 Å². The highest BCUT2D eigenvalue weighted by Gasteiger charge is 2.06. The summed E-state index contributed by atoms with van der Waals surface area (Å²) < 4.78 is 2.20. The highest BCUT2D eigenvalue weighted by atomic mass is 32.1. The van der Waals surface area contributed by atoms with Crippen LogP contribution in [0.5, 0.6) is 0 Å². The van der Waals surface area contributed by atoms with Crippen LogP contribution < -0.4 is 5.32 Å². The molecule has 1 N–H and O–H groups in total. The molecule has 24 heavy (non-hydrogen) atoms. The van der Waals surface area contributed by atoms with Gasteiger partial charge in [0.2, 0.25) is 0 Å². The van der Waals surface area contributed by atoms with Gasteiger partial charge < -0.3 is 14.8 Å². The zero-order valence-electron chi connectivity index (χ0n) is 15.0. The van der Waals surface area contributed by atoms with E-state index in [0.717, 1.165) is 57.2 Å². The van der Waals surface area contributed by atoms with Gasteiger partial charge in [-0.15, -0.1) is 11.3 Å². The zero-order valence-corrected chi connectivity index (χ0v) is 15.9. The van der Waals surface area contributed by atoms with E-state index in [1.54, 1.807) is 0 Å². The van der Waals surface area contributed by atoms with Gasteiger partial charge in [0.15, 0.2) is 5.96 Å². The number of guanidine groups is 1. The van der Waals surface area contributed by atoms with Crippen LogP contribution in [-0.2, 0) is 13.0 Å². The first-order chi connectivity index (χ1) is 11.7. The van der Waals surface area contributed by atoms with Crippen molar-refractivity contribution in [3.63, 3.8) is 0 Å². The molecule has 2 aromatic heterocycles. The third-order valence-electron chi connectivity index (χ3n) is 3.96. The van der Waals surface area contributed by atoms with Gasteiger partial charge in [-0.2, -0.15) is 0 Å². The Morgan fingerprint density at radius 1 is 1.42 bits per heavy atom. The van der Waals surface area contributed by atoms with Crippen molar-refractivity contribution in [3.05, 3.63) is 40.6 Å². The van der Waals surface area contributed by atoms with Gasteiger partial charge in [0.25, 0.3) is 0 Å². The summed E-state index contributed by atoms with van der Waals surface area (Å²) >= 11 is 1.82. The van der Waals surface area contributed by atoms with E-state index < -0.39 is 0 Å². The molecule has 2 heterocycles. The third kappa shape index (κ3) is 6.00. The molecule has 2 aromatic rings. The molecular formula is C18H29N5S.